The fourth-order valence-electron chi connectivity index (χ4n) is 1.05. The molecule has 14 heavy (non-hydrogen) atoms. The number of aryl methyl sites for hydroxylation is 1. The third-order valence-electron chi connectivity index (χ3n) is 1.89. The van der Waals surface area contributed by atoms with Crippen molar-refractivity contribution in [3.8, 4) is 0 Å². The van der Waals surface area contributed by atoms with Crippen LogP contribution in [0.4, 0.5) is 0 Å². The fraction of sp³-hybridized carbons (Fsp3) is 0.0769. The number of hydrogen-bond acceptors (Lipinski definition) is 0. The minimum atomic E-state index is 0.512. The first-order valence-corrected chi connectivity index (χ1v) is 4.76. The molecule has 72 valence electrons. The third-order valence-corrected chi connectivity index (χ3v) is 2.01. The maximum atomic E-state index is 5.61. The van der Waals surface area contributed by atoms with Gasteiger partial charge in [-0.05, 0) is 24.1 Å². The van der Waals surface area contributed by atoms with E-state index in [2.05, 4.69) is 32.2 Å². The summed E-state index contributed by atoms with van der Waals surface area (Å²) in [5.41, 5.74) is 3.28. The number of allylic oxidation sites excluding steroid dienone is 4. The van der Waals surface area contributed by atoms with E-state index in [0.29, 0.717) is 5.03 Å². The zero-order valence-electron chi connectivity index (χ0n) is 8.26. The zero-order chi connectivity index (χ0) is 10.6. The van der Waals surface area contributed by atoms with Gasteiger partial charge in [0.15, 0.2) is 0 Å². The molecule has 0 heterocycles. The van der Waals surface area contributed by atoms with Crippen LogP contribution in [0, 0.1) is 6.92 Å². The summed E-state index contributed by atoms with van der Waals surface area (Å²) in [6.45, 7) is 9.57. The van der Waals surface area contributed by atoms with Crippen LogP contribution < -0.4 is 0 Å². The van der Waals surface area contributed by atoms with Crippen molar-refractivity contribution in [2.45, 2.75) is 6.92 Å². The SMILES string of the molecule is C=C(Cl)/C=C\C(=C)c1ccc(C)cc1. The van der Waals surface area contributed by atoms with E-state index in [-0.39, 0.29) is 0 Å². The summed E-state index contributed by atoms with van der Waals surface area (Å²) >= 11 is 5.61. The molecule has 1 aromatic rings. The van der Waals surface area contributed by atoms with Gasteiger partial charge in [0.1, 0.15) is 0 Å². The molecular weight excluding hydrogens is 192 g/mol. The van der Waals surface area contributed by atoms with Gasteiger partial charge in [0.25, 0.3) is 0 Å². The lowest BCUT2D eigenvalue weighted by Gasteiger charge is -2.00. The Labute approximate surface area is 90.2 Å². The van der Waals surface area contributed by atoms with Crippen molar-refractivity contribution >= 4 is 17.2 Å². The van der Waals surface area contributed by atoms with Gasteiger partial charge in [-0.2, -0.15) is 0 Å². The Morgan fingerprint density at radius 3 is 2.21 bits per heavy atom. The van der Waals surface area contributed by atoms with E-state index in [4.69, 9.17) is 11.6 Å². The Morgan fingerprint density at radius 1 is 1.14 bits per heavy atom. The van der Waals surface area contributed by atoms with Crippen molar-refractivity contribution in [1.29, 1.82) is 0 Å². The molecule has 0 fully saturated rings. The molecule has 0 N–H and O–H groups in total. The van der Waals surface area contributed by atoms with E-state index in [0.717, 1.165) is 11.1 Å². The molecule has 1 heteroatoms. The number of hydrogen-bond donors (Lipinski definition) is 0. The fourth-order valence-corrected chi connectivity index (χ4v) is 1.12. The Morgan fingerprint density at radius 2 is 1.71 bits per heavy atom. The van der Waals surface area contributed by atoms with Gasteiger partial charge in [-0.15, -0.1) is 0 Å². The molecule has 0 nitrogen and oxygen atoms in total. The van der Waals surface area contributed by atoms with Crippen LogP contribution in [-0.4, -0.2) is 0 Å². The first-order valence-electron chi connectivity index (χ1n) is 4.38. The predicted molar refractivity (Wildman–Crippen MR) is 64.3 cm³/mol. The maximum Gasteiger partial charge on any atom is 0.0334 e. The molecule has 0 aliphatic rings. The van der Waals surface area contributed by atoms with Crippen LogP contribution >= 0.6 is 11.6 Å². The summed E-state index contributed by atoms with van der Waals surface area (Å²) in [5.74, 6) is 0. The van der Waals surface area contributed by atoms with E-state index >= 15 is 0 Å². The molecule has 0 aliphatic heterocycles. The van der Waals surface area contributed by atoms with Gasteiger partial charge in [0.05, 0.1) is 0 Å². The van der Waals surface area contributed by atoms with Gasteiger partial charge in [-0.3, -0.25) is 0 Å². The minimum absolute atomic E-state index is 0.512. The summed E-state index contributed by atoms with van der Waals surface area (Å²) in [6.07, 6.45) is 3.60. The van der Waals surface area contributed by atoms with Crippen LogP contribution in [-0.2, 0) is 0 Å². The highest BCUT2D eigenvalue weighted by molar-refractivity contribution is 6.30. The highest BCUT2D eigenvalue weighted by Crippen LogP contribution is 2.15. The summed E-state index contributed by atoms with van der Waals surface area (Å²) in [5, 5.41) is 0.512. The summed E-state index contributed by atoms with van der Waals surface area (Å²) in [7, 11) is 0. The van der Waals surface area contributed by atoms with Crippen LogP contribution in [0.25, 0.3) is 5.57 Å². The third kappa shape index (κ3) is 3.23. The molecular formula is C13H13Cl. The summed E-state index contributed by atoms with van der Waals surface area (Å²) in [6, 6.07) is 8.20. The highest BCUT2D eigenvalue weighted by Gasteiger charge is 1.93. The lowest BCUT2D eigenvalue weighted by molar-refractivity contribution is 1.46. The monoisotopic (exact) mass is 204 g/mol. The molecule has 0 aromatic heterocycles. The minimum Gasteiger partial charge on any atom is -0.0912 e. The Bertz CT molecular complexity index is 369. The van der Waals surface area contributed by atoms with E-state index in [1.807, 2.05) is 18.2 Å². The largest absolute Gasteiger partial charge is 0.0912 e. The molecule has 1 aromatic carbocycles. The van der Waals surface area contributed by atoms with E-state index in [1.165, 1.54) is 5.56 Å². The Balaban J connectivity index is 2.80. The second-order valence-electron chi connectivity index (χ2n) is 3.17. The lowest BCUT2D eigenvalue weighted by Crippen LogP contribution is -1.79. The lowest BCUT2D eigenvalue weighted by atomic mass is 10.1. The zero-order valence-corrected chi connectivity index (χ0v) is 9.01. The topological polar surface area (TPSA) is 0 Å². The van der Waals surface area contributed by atoms with Crippen molar-refractivity contribution in [3.05, 3.63) is 65.7 Å². The molecule has 0 saturated heterocycles. The molecule has 0 spiro atoms. The quantitative estimate of drug-likeness (QED) is 0.644. The van der Waals surface area contributed by atoms with Crippen LogP contribution in [0.15, 0.2) is 54.6 Å². The van der Waals surface area contributed by atoms with Crippen LogP contribution in [0.3, 0.4) is 0 Å². The molecule has 0 radical (unpaired) electrons. The Hall–Kier alpha value is -1.27. The summed E-state index contributed by atoms with van der Waals surface area (Å²) < 4.78 is 0. The van der Waals surface area contributed by atoms with Gasteiger partial charge in [0, 0.05) is 5.03 Å². The molecule has 0 aliphatic carbocycles. The van der Waals surface area contributed by atoms with Crippen LogP contribution in [0.5, 0.6) is 0 Å². The molecule has 1 rings (SSSR count). The average Bonchev–Trinajstić information content (AvgIpc) is 2.15. The predicted octanol–water partition coefficient (Wildman–Crippen LogP) is 4.32. The van der Waals surface area contributed by atoms with Gasteiger partial charge >= 0.3 is 0 Å². The standard InChI is InChI=1S/C13H13Cl/c1-10-4-8-13(9-5-10)11(2)6-7-12(3)14/h4-9H,2-3H2,1H3/b7-6-. The highest BCUT2D eigenvalue weighted by atomic mass is 35.5. The van der Waals surface area contributed by atoms with E-state index < -0.39 is 0 Å². The van der Waals surface area contributed by atoms with Crippen molar-refractivity contribution in [2.24, 2.45) is 0 Å². The first kappa shape index (κ1) is 10.8. The van der Waals surface area contributed by atoms with Crippen molar-refractivity contribution in [2.75, 3.05) is 0 Å². The molecule has 0 atom stereocenters. The molecule has 0 amide bonds. The van der Waals surface area contributed by atoms with Crippen LogP contribution in [0.1, 0.15) is 11.1 Å². The second-order valence-corrected chi connectivity index (χ2v) is 3.66. The van der Waals surface area contributed by atoms with Gasteiger partial charge < -0.3 is 0 Å². The first-order chi connectivity index (χ1) is 6.59. The normalized spacial score (nSPS) is 10.4. The van der Waals surface area contributed by atoms with E-state index in [1.54, 1.807) is 6.08 Å². The van der Waals surface area contributed by atoms with Gasteiger partial charge in [-0.1, -0.05) is 60.7 Å². The summed E-state index contributed by atoms with van der Waals surface area (Å²) in [4.78, 5) is 0. The smallest absolute Gasteiger partial charge is 0.0334 e. The van der Waals surface area contributed by atoms with Gasteiger partial charge in [0.2, 0.25) is 0 Å². The molecule has 0 saturated carbocycles. The average molecular weight is 205 g/mol. The van der Waals surface area contributed by atoms with Crippen molar-refractivity contribution < 1.29 is 0 Å². The number of rotatable bonds is 3. The molecule has 0 unspecified atom stereocenters. The van der Waals surface area contributed by atoms with Crippen molar-refractivity contribution in [1.82, 2.24) is 0 Å². The maximum absolute atomic E-state index is 5.61. The number of halogens is 1. The van der Waals surface area contributed by atoms with Crippen molar-refractivity contribution in [3.63, 3.8) is 0 Å². The van der Waals surface area contributed by atoms with E-state index in [9.17, 15) is 0 Å². The van der Waals surface area contributed by atoms with Crippen LogP contribution in [0.2, 0.25) is 0 Å². The van der Waals surface area contributed by atoms with Gasteiger partial charge in [-0.25, -0.2) is 0 Å². The Kier molecular flexibility index (Phi) is 3.73. The second kappa shape index (κ2) is 4.83. The molecule has 0 bridgehead atoms. The number of benzene rings is 1.